The van der Waals surface area contributed by atoms with E-state index in [1.165, 1.54) is 44.9 Å². The first-order valence-electron chi connectivity index (χ1n) is 7.74. The molecule has 0 aromatic heterocycles. The molecule has 104 valence electrons. The van der Waals surface area contributed by atoms with E-state index in [-0.39, 0.29) is 5.54 Å². The van der Waals surface area contributed by atoms with Crippen molar-refractivity contribution in [2.45, 2.75) is 97.9 Å². The fraction of sp³-hybridized carbons (Fsp3) is 1.00. The van der Waals surface area contributed by atoms with Gasteiger partial charge in [-0.1, -0.05) is 60.3 Å². The molecule has 0 fully saturated rings. The van der Waals surface area contributed by atoms with E-state index in [4.69, 9.17) is 5.73 Å². The third-order valence-electron chi connectivity index (χ3n) is 4.82. The van der Waals surface area contributed by atoms with E-state index in [0.29, 0.717) is 5.41 Å². The van der Waals surface area contributed by atoms with Crippen molar-refractivity contribution in [2.24, 2.45) is 11.1 Å². The number of unbranched alkanes of at least 4 members (excludes halogenated alkanes) is 1. The van der Waals surface area contributed by atoms with Crippen LogP contribution in [0.2, 0.25) is 0 Å². The van der Waals surface area contributed by atoms with Crippen LogP contribution in [0.1, 0.15) is 92.4 Å². The van der Waals surface area contributed by atoms with Crippen molar-refractivity contribution in [3.8, 4) is 0 Å². The summed E-state index contributed by atoms with van der Waals surface area (Å²) in [6.07, 6.45) is 11.5. The smallest absolute Gasteiger partial charge is 0.0149 e. The number of nitrogens with two attached hydrogens (primary N) is 1. The molecule has 0 aromatic carbocycles. The van der Waals surface area contributed by atoms with Crippen LogP contribution in [0.5, 0.6) is 0 Å². The predicted octanol–water partition coefficient (Wildman–Crippen LogP) is 5.28. The van der Waals surface area contributed by atoms with Gasteiger partial charge in [-0.05, 0) is 37.5 Å². The fourth-order valence-corrected chi connectivity index (χ4v) is 2.71. The summed E-state index contributed by atoms with van der Waals surface area (Å²) < 4.78 is 0. The highest BCUT2D eigenvalue weighted by Crippen LogP contribution is 2.34. The molecular weight excluding hydrogens is 206 g/mol. The highest BCUT2D eigenvalue weighted by atomic mass is 14.7. The van der Waals surface area contributed by atoms with E-state index in [2.05, 4.69) is 34.6 Å². The molecular formula is C16H35N. The highest BCUT2D eigenvalue weighted by Gasteiger charge is 2.22. The molecule has 0 aliphatic heterocycles. The van der Waals surface area contributed by atoms with Crippen LogP contribution in [0.15, 0.2) is 0 Å². The monoisotopic (exact) mass is 241 g/mol. The number of rotatable bonds is 10. The Morgan fingerprint density at radius 2 is 1.29 bits per heavy atom. The fourth-order valence-electron chi connectivity index (χ4n) is 2.71. The van der Waals surface area contributed by atoms with Crippen LogP contribution in [0.25, 0.3) is 0 Å². The van der Waals surface area contributed by atoms with Gasteiger partial charge in [0, 0.05) is 5.54 Å². The molecule has 0 spiro atoms. The van der Waals surface area contributed by atoms with Crippen LogP contribution < -0.4 is 5.73 Å². The minimum atomic E-state index is 0.105. The van der Waals surface area contributed by atoms with Crippen LogP contribution in [0.3, 0.4) is 0 Å². The standard InChI is InChI=1S/C16H35N/c1-6-12-15(5,7-2)13-10-11-14-16(17,8-3)9-4/h6-14,17H2,1-5H3. The summed E-state index contributed by atoms with van der Waals surface area (Å²) in [6, 6.07) is 0. The van der Waals surface area contributed by atoms with Gasteiger partial charge in [0.1, 0.15) is 0 Å². The molecule has 0 saturated carbocycles. The summed E-state index contributed by atoms with van der Waals surface area (Å²) >= 11 is 0. The molecule has 0 radical (unpaired) electrons. The largest absolute Gasteiger partial charge is 0.325 e. The molecule has 0 rings (SSSR count). The van der Waals surface area contributed by atoms with E-state index in [1.807, 2.05) is 0 Å². The van der Waals surface area contributed by atoms with Crippen molar-refractivity contribution < 1.29 is 0 Å². The zero-order valence-electron chi connectivity index (χ0n) is 12.9. The Hall–Kier alpha value is -0.0400. The van der Waals surface area contributed by atoms with Gasteiger partial charge in [-0.2, -0.15) is 0 Å². The van der Waals surface area contributed by atoms with Crippen molar-refractivity contribution in [3.05, 3.63) is 0 Å². The van der Waals surface area contributed by atoms with Gasteiger partial charge in [0.25, 0.3) is 0 Å². The molecule has 0 heterocycles. The second-order valence-electron chi connectivity index (χ2n) is 6.19. The van der Waals surface area contributed by atoms with Crippen molar-refractivity contribution >= 4 is 0 Å². The lowest BCUT2D eigenvalue weighted by Crippen LogP contribution is -2.38. The summed E-state index contributed by atoms with van der Waals surface area (Å²) in [7, 11) is 0. The quantitative estimate of drug-likeness (QED) is 0.517. The SMILES string of the molecule is CCCC(C)(CC)CCCCC(N)(CC)CC. The van der Waals surface area contributed by atoms with Gasteiger partial charge in [0.05, 0.1) is 0 Å². The molecule has 0 aliphatic carbocycles. The molecule has 0 bridgehead atoms. The van der Waals surface area contributed by atoms with Crippen molar-refractivity contribution in [3.63, 3.8) is 0 Å². The van der Waals surface area contributed by atoms with Crippen LogP contribution in [-0.2, 0) is 0 Å². The van der Waals surface area contributed by atoms with Crippen molar-refractivity contribution in [1.29, 1.82) is 0 Å². The van der Waals surface area contributed by atoms with Crippen LogP contribution in [0, 0.1) is 5.41 Å². The zero-order chi connectivity index (χ0) is 13.4. The van der Waals surface area contributed by atoms with Crippen LogP contribution in [0.4, 0.5) is 0 Å². The summed E-state index contributed by atoms with van der Waals surface area (Å²) in [4.78, 5) is 0. The highest BCUT2D eigenvalue weighted by molar-refractivity contribution is 4.81. The summed E-state index contributed by atoms with van der Waals surface area (Å²) in [6.45, 7) is 11.5. The normalized spacial score (nSPS) is 15.9. The maximum Gasteiger partial charge on any atom is 0.0149 e. The van der Waals surface area contributed by atoms with Gasteiger partial charge in [0.15, 0.2) is 0 Å². The van der Waals surface area contributed by atoms with Gasteiger partial charge in [-0.15, -0.1) is 0 Å². The van der Waals surface area contributed by atoms with Crippen LogP contribution >= 0.6 is 0 Å². The van der Waals surface area contributed by atoms with Gasteiger partial charge in [-0.3, -0.25) is 0 Å². The van der Waals surface area contributed by atoms with E-state index in [9.17, 15) is 0 Å². The van der Waals surface area contributed by atoms with Gasteiger partial charge < -0.3 is 5.73 Å². The third kappa shape index (κ3) is 6.45. The topological polar surface area (TPSA) is 26.0 Å². The minimum Gasteiger partial charge on any atom is -0.325 e. The first-order valence-corrected chi connectivity index (χ1v) is 7.74. The Morgan fingerprint density at radius 1 is 0.765 bits per heavy atom. The Kier molecular flexibility index (Phi) is 8.11. The molecule has 0 amide bonds. The van der Waals surface area contributed by atoms with Gasteiger partial charge in [-0.25, -0.2) is 0 Å². The molecule has 0 aromatic rings. The zero-order valence-corrected chi connectivity index (χ0v) is 12.9. The molecule has 1 nitrogen and oxygen atoms in total. The first kappa shape index (κ1) is 17.0. The summed E-state index contributed by atoms with van der Waals surface area (Å²) in [5, 5.41) is 0. The molecule has 0 saturated heterocycles. The van der Waals surface area contributed by atoms with Gasteiger partial charge >= 0.3 is 0 Å². The Bertz CT molecular complexity index is 184. The molecule has 17 heavy (non-hydrogen) atoms. The minimum absolute atomic E-state index is 0.105. The average Bonchev–Trinajstić information content (AvgIpc) is 2.35. The Morgan fingerprint density at radius 3 is 1.71 bits per heavy atom. The average molecular weight is 241 g/mol. The maximum atomic E-state index is 6.34. The Labute approximate surface area is 110 Å². The summed E-state index contributed by atoms with van der Waals surface area (Å²) in [5.41, 5.74) is 7.02. The molecule has 2 N–H and O–H groups in total. The first-order chi connectivity index (χ1) is 7.95. The summed E-state index contributed by atoms with van der Waals surface area (Å²) in [5.74, 6) is 0. The number of hydrogen-bond acceptors (Lipinski definition) is 1. The van der Waals surface area contributed by atoms with Crippen molar-refractivity contribution in [1.82, 2.24) is 0 Å². The lowest BCUT2D eigenvalue weighted by Gasteiger charge is -2.30. The van der Waals surface area contributed by atoms with E-state index < -0.39 is 0 Å². The predicted molar refractivity (Wildman–Crippen MR) is 79.3 cm³/mol. The second-order valence-corrected chi connectivity index (χ2v) is 6.19. The molecule has 0 aliphatic rings. The number of hydrogen-bond donors (Lipinski definition) is 1. The lowest BCUT2D eigenvalue weighted by atomic mass is 9.77. The molecule has 1 unspecified atom stereocenters. The third-order valence-corrected chi connectivity index (χ3v) is 4.82. The van der Waals surface area contributed by atoms with E-state index >= 15 is 0 Å². The second kappa shape index (κ2) is 8.13. The molecule has 1 heteroatoms. The van der Waals surface area contributed by atoms with Gasteiger partial charge in [0.2, 0.25) is 0 Å². The lowest BCUT2D eigenvalue weighted by molar-refractivity contribution is 0.241. The van der Waals surface area contributed by atoms with Crippen molar-refractivity contribution in [2.75, 3.05) is 0 Å². The van der Waals surface area contributed by atoms with Crippen LogP contribution in [-0.4, -0.2) is 5.54 Å². The van der Waals surface area contributed by atoms with E-state index in [1.54, 1.807) is 0 Å². The Balaban J connectivity index is 3.90. The van der Waals surface area contributed by atoms with E-state index in [0.717, 1.165) is 12.8 Å². The molecule has 1 atom stereocenters. The maximum absolute atomic E-state index is 6.34.